The molecule has 1 aliphatic carbocycles. The van der Waals surface area contributed by atoms with Crippen LogP contribution in [0.1, 0.15) is 29.7 Å². The second-order valence-corrected chi connectivity index (χ2v) is 3.26. The molecule has 2 nitrogen and oxygen atoms in total. The Kier molecular flexibility index (Phi) is 2.09. The van der Waals surface area contributed by atoms with Crippen molar-refractivity contribution in [1.29, 1.82) is 0 Å². The Morgan fingerprint density at radius 2 is 2.17 bits per heavy atom. The fourth-order valence-electron chi connectivity index (χ4n) is 1.87. The summed E-state index contributed by atoms with van der Waals surface area (Å²) >= 11 is 0. The monoisotopic (exact) mass is 163 g/mol. The lowest BCUT2D eigenvalue weighted by Gasteiger charge is -2.17. The van der Waals surface area contributed by atoms with Crippen LogP contribution >= 0.6 is 0 Å². The summed E-state index contributed by atoms with van der Waals surface area (Å²) in [6, 6.07) is 2.08. The molecule has 0 amide bonds. The molecule has 1 N–H and O–H groups in total. The molecule has 64 valence electrons. The van der Waals surface area contributed by atoms with Gasteiger partial charge in [0.05, 0.1) is 12.3 Å². The zero-order valence-electron chi connectivity index (χ0n) is 7.08. The van der Waals surface area contributed by atoms with Gasteiger partial charge in [0.15, 0.2) is 0 Å². The van der Waals surface area contributed by atoms with Gasteiger partial charge in [-0.3, -0.25) is 4.98 Å². The van der Waals surface area contributed by atoms with Gasteiger partial charge in [0, 0.05) is 6.20 Å². The van der Waals surface area contributed by atoms with E-state index < -0.39 is 0 Å². The van der Waals surface area contributed by atoms with E-state index >= 15 is 0 Å². The van der Waals surface area contributed by atoms with Crippen molar-refractivity contribution in [3.05, 3.63) is 29.1 Å². The molecule has 0 atom stereocenters. The first kappa shape index (κ1) is 7.74. The molecule has 2 heteroatoms. The number of aryl methyl sites for hydroxylation is 1. The van der Waals surface area contributed by atoms with Crippen LogP contribution in [0.15, 0.2) is 12.3 Å². The number of aromatic nitrogens is 1. The number of hydrogen-bond acceptors (Lipinski definition) is 2. The van der Waals surface area contributed by atoms with E-state index in [0.29, 0.717) is 0 Å². The summed E-state index contributed by atoms with van der Waals surface area (Å²) in [5, 5.41) is 9.03. The molecule has 0 saturated carbocycles. The lowest BCUT2D eigenvalue weighted by molar-refractivity contribution is 0.275. The van der Waals surface area contributed by atoms with Crippen LogP contribution in [0.5, 0.6) is 0 Å². The van der Waals surface area contributed by atoms with E-state index in [9.17, 15) is 0 Å². The maximum atomic E-state index is 9.03. The largest absolute Gasteiger partial charge is 0.390 e. The van der Waals surface area contributed by atoms with Crippen molar-refractivity contribution in [2.75, 3.05) is 0 Å². The third-order valence-electron chi connectivity index (χ3n) is 2.51. The number of pyridine rings is 1. The molecule has 0 aliphatic heterocycles. The summed E-state index contributed by atoms with van der Waals surface area (Å²) in [6.07, 6.45) is 6.58. The van der Waals surface area contributed by atoms with Crippen LogP contribution < -0.4 is 0 Å². The Morgan fingerprint density at radius 3 is 3.00 bits per heavy atom. The first-order valence-electron chi connectivity index (χ1n) is 4.48. The predicted octanol–water partition coefficient (Wildman–Crippen LogP) is 1.45. The van der Waals surface area contributed by atoms with E-state index in [1.54, 1.807) is 6.20 Å². The number of fused-ring (bicyclic) bond motifs is 1. The Balaban J connectivity index is 2.44. The van der Waals surface area contributed by atoms with Crippen LogP contribution in [0, 0.1) is 0 Å². The van der Waals surface area contributed by atoms with Crippen molar-refractivity contribution in [1.82, 2.24) is 4.98 Å². The minimum Gasteiger partial charge on any atom is -0.390 e. The third-order valence-corrected chi connectivity index (χ3v) is 2.51. The van der Waals surface area contributed by atoms with Gasteiger partial charge in [0.25, 0.3) is 0 Å². The van der Waals surface area contributed by atoms with Crippen LogP contribution in [0.25, 0.3) is 0 Å². The first-order valence-corrected chi connectivity index (χ1v) is 4.48. The SMILES string of the molecule is OCc1nccc2c1CCCC2. The molecule has 0 bridgehead atoms. The molecule has 0 unspecified atom stereocenters. The maximum Gasteiger partial charge on any atom is 0.0855 e. The molecule has 1 aromatic rings. The summed E-state index contributed by atoms with van der Waals surface area (Å²) in [5.41, 5.74) is 3.57. The van der Waals surface area contributed by atoms with Gasteiger partial charge in [-0.15, -0.1) is 0 Å². The van der Waals surface area contributed by atoms with Crippen molar-refractivity contribution in [3.8, 4) is 0 Å². The predicted molar refractivity (Wildman–Crippen MR) is 46.8 cm³/mol. The summed E-state index contributed by atoms with van der Waals surface area (Å²) in [7, 11) is 0. The van der Waals surface area contributed by atoms with Gasteiger partial charge < -0.3 is 5.11 Å². The van der Waals surface area contributed by atoms with Crippen molar-refractivity contribution in [2.45, 2.75) is 32.3 Å². The smallest absolute Gasteiger partial charge is 0.0855 e. The van der Waals surface area contributed by atoms with E-state index in [2.05, 4.69) is 11.1 Å². The summed E-state index contributed by atoms with van der Waals surface area (Å²) in [5.74, 6) is 0. The molecular formula is C10H13NO. The Labute approximate surface area is 72.3 Å². The molecule has 0 spiro atoms. The number of hydrogen-bond donors (Lipinski definition) is 1. The molecule has 1 heterocycles. The van der Waals surface area contributed by atoms with Crippen molar-refractivity contribution < 1.29 is 5.11 Å². The van der Waals surface area contributed by atoms with Crippen LogP contribution in [0.2, 0.25) is 0 Å². The van der Waals surface area contributed by atoms with Crippen LogP contribution in [-0.2, 0) is 19.4 Å². The zero-order chi connectivity index (χ0) is 8.39. The third kappa shape index (κ3) is 1.23. The number of aliphatic hydroxyl groups is 1. The van der Waals surface area contributed by atoms with Crippen LogP contribution in [-0.4, -0.2) is 10.1 Å². The molecule has 12 heavy (non-hydrogen) atoms. The normalized spacial score (nSPS) is 15.8. The highest BCUT2D eigenvalue weighted by Crippen LogP contribution is 2.22. The average molecular weight is 163 g/mol. The minimum atomic E-state index is 0.0865. The number of aliphatic hydroxyl groups excluding tert-OH is 1. The second kappa shape index (κ2) is 3.23. The average Bonchev–Trinajstić information content (AvgIpc) is 2.17. The fraction of sp³-hybridized carbons (Fsp3) is 0.500. The van der Waals surface area contributed by atoms with Crippen molar-refractivity contribution in [3.63, 3.8) is 0 Å². The summed E-state index contributed by atoms with van der Waals surface area (Å²) in [6.45, 7) is 0.0865. The number of rotatable bonds is 1. The Bertz CT molecular complexity index is 269. The lowest BCUT2D eigenvalue weighted by Crippen LogP contribution is -2.07. The molecular weight excluding hydrogens is 150 g/mol. The Hall–Kier alpha value is -0.890. The summed E-state index contributed by atoms with van der Waals surface area (Å²) in [4.78, 5) is 4.16. The summed E-state index contributed by atoms with van der Waals surface area (Å²) < 4.78 is 0. The molecule has 0 aromatic carbocycles. The molecule has 2 rings (SSSR count). The zero-order valence-corrected chi connectivity index (χ0v) is 7.08. The minimum absolute atomic E-state index is 0.0865. The fourth-order valence-corrected chi connectivity index (χ4v) is 1.87. The van der Waals surface area contributed by atoms with Gasteiger partial charge in [-0.2, -0.15) is 0 Å². The first-order chi connectivity index (χ1) is 5.92. The second-order valence-electron chi connectivity index (χ2n) is 3.26. The van der Waals surface area contributed by atoms with Gasteiger partial charge in [0.1, 0.15) is 0 Å². The highest BCUT2D eigenvalue weighted by Gasteiger charge is 2.12. The molecule has 1 aliphatic rings. The molecule has 0 saturated heterocycles. The standard InChI is InChI=1S/C10H13NO/c12-7-10-9-4-2-1-3-8(9)5-6-11-10/h5-6,12H,1-4,7H2. The Morgan fingerprint density at radius 1 is 1.33 bits per heavy atom. The quantitative estimate of drug-likeness (QED) is 0.679. The highest BCUT2D eigenvalue weighted by atomic mass is 16.3. The van der Waals surface area contributed by atoms with E-state index in [-0.39, 0.29) is 6.61 Å². The van der Waals surface area contributed by atoms with Crippen LogP contribution in [0.4, 0.5) is 0 Å². The number of nitrogens with zero attached hydrogens (tertiary/aromatic N) is 1. The topological polar surface area (TPSA) is 33.1 Å². The van der Waals surface area contributed by atoms with Crippen molar-refractivity contribution >= 4 is 0 Å². The molecule has 0 fully saturated rings. The van der Waals surface area contributed by atoms with E-state index in [1.807, 2.05) is 0 Å². The van der Waals surface area contributed by atoms with E-state index in [4.69, 9.17) is 5.11 Å². The van der Waals surface area contributed by atoms with E-state index in [0.717, 1.165) is 18.5 Å². The molecule has 1 aromatic heterocycles. The maximum absolute atomic E-state index is 9.03. The lowest BCUT2D eigenvalue weighted by atomic mass is 9.91. The van der Waals surface area contributed by atoms with Crippen molar-refractivity contribution in [2.24, 2.45) is 0 Å². The van der Waals surface area contributed by atoms with Gasteiger partial charge in [0.2, 0.25) is 0 Å². The van der Waals surface area contributed by atoms with Gasteiger partial charge in [-0.1, -0.05) is 0 Å². The van der Waals surface area contributed by atoms with Crippen LogP contribution in [0.3, 0.4) is 0 Å². The highest BCUT2D eigenvalue weighted by molar-refractivity contribution is 5.31. The van der Waals surface area contributed by atoms with E-state index in [1.165, 1.54) is 24.0 Å². The van der Waals surface area contributed by atoms with Gasteiger partial charge in [-0.25, -0.2) is 0 Å². The van der Waals surface area contributed by atoms with Gasteiger partial charge >= 0.3 is 0 Å². The van der Waals surface area contributed by atoms with Gasteiger partial charge in [-0.05, 0) is 42.9 Å². The molecule has 0 radical (unpaired) electrons.